The fraction of sp³-hybridized carbons (Fsp3) is 0.386. The number of nitrogens with one attached hydrogen (secondary N) is 2. The van der Waals surface area contributed by atoms with E-state index in [2.05, 4.69) is 26.6 Å². The summed E-state index contributed by atoms with van der Waals surface area (Å²) in [7, 11) is -0.851. The van der Waals surface area contributed by atoms with Gasteiger partial charge >= 0.3 is 0 Å². The lowest BCUT2D eigenvalue weighted by Crippen LogP contribution is -2.54. The van der Waals surface area contributed by atoms with Gasteiger partial charge in [-0.3, -0.25) is 34.2 Å². The third kappa shape index (κ3) is 9.55. The van der Waals surface area contributed by atoms with Crippen molar-refractivity contribution in [2.75, 3.05) is 45.0 Å². The first-order chi connectivity index (χ1) is 28.8. The molecule has 1 aromatic heterocycles. The zero-order chi connectivity index (χ0) is 42.6. The van der Waals surface area contributed by atoms with E-state index in [9.17, 15) is 28.5 Å². The smallest absolute Gasteiger partial charge is 0.266 e. The van der Waals surface area contributed by atoms with Crippen LogP contribution in [0, 0.1) is 0 Å². The third-order valence-electron chi connectivity index (χ3n) is 11.1. The monoisotopic (exact) mass is 854 g/mol. The second-order valence-corrected chi connectivity index (χ2v) is 19.3. The molecule has 0 bridgehead atoms. The van der Waals surface area contributed by atoms with E-state index in [0.29, 0.717) is 48.6 Å². The van der Waals surface area contributed by atoms with Crippen molar-refractivity contribution < 1.29 is 38.0 Å². The number of unbranched alkanes of at least 4 members (excludes halogenated alkanes) is 1. The molecule has 3 aliphatic heterocycles. The Morgan fingerprint density at radius 3 is 2.47 bits per heavy atom. The molecule has 16 heteroatoms. The van der Waals surface area contributed by atoms with Crippen LogP contribution >= 0.6 is 18.7 Å². The molecule has 0 radical (unpaired) electrons. The predicted octanol–water partition coefficient (Wildman–Crippen LogP) is 5.30. The highest BCUT2D eigenvalue weighted by molar-refractivity contribution is 7.70. The van der Waals surface area contributed by atoms with Gasteiger partial charge in [0.05, 0.1) is 35.6 Å². The number of anilines is 1. The molecule has 5 amide bonds. The van der Waals surface area contributed by atoms with E-state index >= 15 is 0 Å². The van der Waals surface area contributed by atoms with Crippen LogP contribution in [0.2, 0.25) is 5.02 Å². The fourth-order valence-corrected chi connectivity index (χ4v) is 9.47. The summed E-state index contributed by atoms with van der Waals surface area (Å²) >= 11 is 6.54. The summed E-state index contributed by atoms with van der Waals surface area (Å²) in [5.41, 5.74) is 3.83. The number of piperidine rings is 2. The first-order valence-corrected chi connectivity index (χ1v) is 23.1. The van der Waals surface area contributed by atoms with Crippen LogP contribution < -0.4 is 30.3 Å². The third-order valence-corrected chi connectivity index (χ3v) is 13.0. The van der Waals surface area contributed by atoms with Crippen LogP contribution in [-0.2, 0) is 31.8 Å². The molecule has 3 aliphatic rings. The molecule has 14 nitrogen and oxygen atoms in total. The SMILES string of the molecule is COc1cc(N2CCC(NC(=O)CCCCOc3cccc4c3C(=O)N(C3CCC(=O)NC3=O)C4=O)CC2)ccc1Cc1ncc(Cl)c(Cc2ccccc2P(C)(C)=O)n1. The first-order valence-electron chi connectivity index (χ1n) is 20.1. The highest BCUT2D eigenvalue weighted by Crippen LogP contribution is 2.37. The van der Waals surface area contributed by atoms with Gasteiger partial charge in [0.1, 0.15) is 30.5 Å². The Morgan fingerprint density at radius 1 is 0.933 bits per heavy atom. The maximum absolute atomic E-state index is 13.3. The Morgan fingerprint density at radius 2 is 1.72 bits per heavy atom. The highest BCUT2D eigenvalue weighted by Gasteiger charge is 2.46. The summed E-state index contributed by atoms with van der Waals surface area (Å²) in [6.07, 6.45) is 5.63. The molecular formula is C44H48ClN6O8P. The lowest BCUT2D eigenvalue weighted by molar-refractivity contribution is -0.136. The number of hydrogen-bond acceptors (Lipinski definition) is 11. The second kappa shape index (κ2) is 18.4. The number of amides is 5. The van der Waals surface area contributed by atoms with Gasteiger partial charge in [0, 0.05) is 73.6 Å². The van der Waals surface area contributed by atoms with Crippen LogP contribution in [-0.4, -0.2) is 96.6 Å². The Bertz CT molecular complexity index is 2380. The van der Waals surface area contributed by atoms with E-state index in [1.807, 2.05) is 36.4 Å². The van der Waals surface area contributed by atoms with Crippen molar-refractivity contribution in [3.05, 3.63) is 106 Å². The van der Waals surface area contributed by atoms with Crippen LogP contribution in [0.1, 0.15) is 88.3 Å². The summed E-state index contributed by atoms with van der Waals surface area (Å²) in [5, 5.41) is 6.64. The number of ether oxygens (including phenoxy) is 2. The van der Waals surface area contributed by atoms with Gasteiger partial charge in [-0.1, -0.05) is 48.0 Å². The van der Waals surface area contributed by atoms with Crippen LogP contribution in [0.4, 0.5) is 5.69 Å². The molecule has 2 fully saturated rings. The highest BCUT2D eigenvalue weighted by atomic mass is 35.5. The van der Waals surface area contributed by atoms with Gasteiger partial charge in [-0.2, -0.15) is 0 Å². The molecule has 4 aromatic rings. The zero-order valence-electron chi connectivity index (χ0n) is 33.9. The fourth-order valence-electron chi connectivity index (χ4n) is 8.02. The van der Waals surface area contributed by atoms with Gasteiger partial charge in [-0.15, -0.1) is 0 Å². The minimum absolute atomic E-state index is 0.0340. The number of aromatic nitrogens is 2. The number of fused-ring (bicyclic) bond motifs is 1. The Kier molecular flexibility index (Phi) is 13.0. The zero-order valence-corrected chi connectivity index (χ0v) is 35.5. The topological polar surface area (TPSA) is 177 Å². The van der Waals surface area contributed by atoms with Crippen molar-refractivity contribution in [2.24, 2.45) is 0 Å². The summed E-state index contributed by atoms with van der Waals surface area (Å²) in [4.78, 5) is 75.8. The number of halogens is 1. The van der Waals surface area contributed by atoms with E-state index in [4.69, 9.17) is 26.1 Å². The molecule has 1 unspecified atom stereocenters. The van der Waals surface area contributed by atoms with Crippen molar-refractivity contribution in [1.82, 2.24) is 25.5 Å². The average Bonchev–Trinajstić information content (AvgIpc) is 3.48. The molecule has 0 saturated carbocycles. The maximum atomic E-state index is 13.3. The van der Waals surface area contributed by atoms with Crippen molar-refractivity contribution >= 4 is 59.3 Å². The minimum atomic E-state index is -2.49. The number of imide groups is 2. The molecule has 7 rings (SSSR count). The molecule has 1 atom stereocenters. The lowest BCUT2D eigenvalue weighted by Gasteiger charge is -2.34. The minimum Gasteiger partial charge on any atom is -0.496 e. The molecule has 3 aromatic carbocycles. The number of methoxy groups -OCH3 is 1. The number of carbonyl (C=O) groups is 5. The van der Waals surface area contributed by atoms with Gasteiger partial charge < -0.3 is 24.3 Å². The van der Waals surface area contributed by atoms with Crippen molar-refractivity contribution in [3.8, 4) is 11.5 Å². The lowest BCUT2D eigenvalue weighted by atomic mass is 10.0. The van der Waals surface area contributed by atoms with Gasteiger partial charge in [0.25, 0.3) is 11.8 Å². The summed E-state index contributed by atoms with van der Waals surface area (Å²) in [5.74, 6) is -0.776. The summed E-state index contributed by atoms with van der Waals surface area (Å²) in [6, 6.07) is 17.6. The van der Waals surface area contributed by atoms with E-state index in [-0.39, 0.29) is 48.3 Å². The van der Waals surface area contributed by atoms with Crippen LogP contribution in [0.5, 0.6) is 11.5 Å². The number of carbonyl (C=O) groups excluding carboxylic acids is 5. The molecule has 2 saturated heterocycles. The number of rotatable bonds is 15. The molecular weight excluding hydrogens is 807 g/mol. The first kappa shape index (κ1) is 42.5. The molecule has 0 aliphatic carbocycles. The Labute approximate surface area is 353 Å². The summed E-state index contributed by atoms with van der Waals surface area (Å²) in [6.45, 7) is 5.28. The molecule has 4 heterocycles. The average molecular weight is 855 g/mol. The normalized spacial score (nSPS) is 17.1. The summed E-state index contributed by atoms with van der Waals surface area (Å²) < 4.78 is 24.6. The predicted molar refractivity (Wildman–Crippen MR) is 227 cm³/mol. The van der Waals surface area contributed by atoms with E-state index < -0.39 is 36.8 Å². The van der Waals surface area contributed by atoms with E-state index in [1.54, 1.807) is 38.8 Å². The van der Waals surface area contributed by atoms with Crippen molar-refractivity contribution in [2.45, 2.75) is 69.9 Å². The quantitative estimate of drug-likeness (QED) is 0.0901. The van der Waals surface area contributed by atoms with Crippen LogP contribution in [0.25, 0.3) is 0 Å². The molecule has 314 valence electrons. The second-order valence-electron chi connectivity index (χ2n) is 15.7. The van der Waals surface area contributed by atoms with Crippen molar-refractivity contribution in [3.63, 3.8) is 0 Å². The van der Waals surface area contributed by atoms with Gasteiger partial charge in [0.15, 0.2) is 0 Å². The van der Waals surface area contributed by atoms with E-state index in [1.165, 1.54) is 6.07 Å². The number of benzene rings is 3. The Hall–Kier alpha value is -5.59. The Balaban J connectivity index is 0.860. The van der Waals surface area contributed by atoms with E-state index in [0.717, 1.165) is 58.7 Å². The van der Waals surface area contributed by atoms with Gasteiger partial charge in [-0.05, 0) is 69.2 Å². The largest absolute Gasteiger partial charge is 0.496 e. The van der Waals surface area contributed by atoms with Gasteiger partial charge in [-0.25, -0.2) is 9.97 Å². The maximum Gasteiger partial charge on any atom is 0.266 e. The standard InChI is InChI=1S/C44H48ClN6O8P/c1-58-36-25-30(15-14-27(36)24-38-46-26-32(45)33(48-38)23-28-9-4-5-12-37(28)60(2,3)57)50-20-18-29(19-21-50)47-39(52)13-6-7-22-59-35-11-8-10-31-41(35)44(56)51(43(31)55)34-16-17-40(53)49-42(34)54/h4-5,8-12,14-15,25-26,29,34H,6-7,13,16-24H2,1-3H3,(H,47,52)(H,49,53,54). The molecule has 2 N–H and O–H groups in total. The van der Waals surface area contributed by atoms with Crippen LogP contribution in [0.15, 0.2) is 66.9 Å². The van der Waals surface area contributed by atoms with Crippen molar-refractivity contribution in [1.29, 1.82) is 0 Å². The number of hydrogen-bond donors (Lipinski definition) is 2. The molecule has 0 spiro atoms. The molecule has 60 heavy (non-hydrogen) atoms. The van der Waals surface area contributed by atoms with Gasteiger partial charge in [0.2, 0.25) is 17.7 Å². The number of nitrogens with zero attached hydrogens (tertiary/aromatic N) is 4. The van der Waals surface area contributed by atoms with Crippen LogP contribution in [0.3, 0.4) is 0 Å².